The molecule has 0 saturated heterocycles. The van der Waals surface area contributed by atoms with E-state index in [9.17, 15) is 0 Å². The summed E-state index contributed by atoms with van der Waals surface area (Å²) >= 11 is 0. The van der Waals surface area contributed by atoms with E-state index in [1.807, 2.05) is 0 Å². The lowest BCUT2D eigenvalue weighted by Crippen LogP contribution is -2.01. The van der Waals surface area contributed by atoms with Crippen molar-refractivity contribution in [3.8, 4) is 0 Å². The minimum Gasteiger partial charge on any atom is -0.0952 e. The molecule has 0 aliphatic heterocycles. The second-order valence-electron chi connectivity index (χ2n) is 4.38. The molecule has 0 heteroatoms. The average Bonchev–Trinajstić information content (AvgIpc) is 2.25. The number of allylic oxidation sites excluding steroid dienone is 1. The normalized spacial score (nSPS) is 14.6. The van der Waals surface area contributed by atoms with Gasteiger partial charge in [0, 0.05) is 0 Å². The van der Waals surface area contributed by atoms with Crippen molar-refractivity contribution in [3.63, 3.8) is 0 Å². The molecular formula is C15H14. The molecule has 2 aromatic carbocycles. The van der Waals surface area contributed by atoms with E-state index < -0.39 is 0 Å². The third-order valence-electron chi connectivity index (χ3n) is 3.39. The topological polar surface area (TPSA) is 0 Å². The van der Waals surface area contributed by atoms with E-state index in [2.05, 4.69) is 43.8 Å². The summed E-state index contributed by atoms with van der Waals surface area (Å²) in [5.74, 6) is 0. The second-order valence-corrected chi connectivity index (χ2v) is 4.38. The smallest absolute Gasteiger partial charge is 0.00740 e. The summed E-state index contributed by atoms with van der Waals surface area (Å²) in [6.07, 6.45) is 2.25. The highest BCUT2D eigenvalue weighted by molar-refractivity contribution is 5.98. The average molecular weight is 194 g/mol. The van der Waals surface area contributed by atoms with Gasteiger partial charge in [0.25, 0.3) is 0 Å². The predicted octanol–water partition coefficient (Wildman–Crippen LogP) is 4.11. The van der Waals surface area contributed by atoms with Crippen LogP contribution in [0.2, 0.25) is 0 Å². The molecule has 0 bridgehead atoms. The van der Waals surface area contributed by atoms with E-state index >= 15 is 0 Å². The van der Waals surface area contributed by atoms with Crippen molar-refractivity contribution < 1.29 is 0 Å². The van der Waals surface area contributed by atoms with Gasteiger partial charge in [-0.15, -0.1) is 0 Å². The SMILES string of the molecule is C=C1CCc2cccc3ccc(C)c1c23. The van der Waals surface area contributed by atoms with Crippen molar-refractivity contribution in [3.05, 3.63) is 53.6 Å². The van der Waals surface area contributed by atoms with E-state index in [-0.39, 0.29) is 0 Å². The van der Waals surface area contributed by atoms with Crippen LogP contribution in [0, 0.1) is 6.92 Å². The van der Waals surface area contributed by atoms with Crippen LogP contribution in [-0.4, -0.2) is 0 Å². The van der Waals surface area contributed by atoms with E-state index in [4.69, 9.17) is 0 Å². The van der Waals surface area contributed by atoms with Gasteiger partial charge in [-0.1, -0.05) is 36.9 Å². The monoisotopic (exact) mass is 194 g/mol. The first-order valence-electron chi connectivity index (χ1n) is 5.47. The lowest BCUT2D eigenvalue weighted by Gasteiger charge is -2.21. The zero-order chi connectivity index (χ0) is 10.4. The molecule has 1 aliphatic carbocycles. The van der Waals surface area contributed by atoms with Crippen LogP contribution < -0.4 is 0 Å². The Labute approximate surface area is 90.2 Å². The standard InChI is InChI=1S/C15H14/c1-10-6-8-12-4-3-5-13-9-7-11(2)14(10)15(12)13/h3-5,7,9H,1,6,8H2,2H3. The molecule has 0 atom stereocenters. The summed E-state index contributed by atoms with van der Waals surface area (Å²) in [5, 5.41) is 2.79. The Bertz CT molecular complexity index is 562. The quantitative estimate of drug-likeness (QED) is 0.592. The molecule has 0 unspecified atom stereocenters. The second kappa shape index (κ2) is 2.96. The molecule has 0 amide bonds. The number of hydrogen-bond donors (Lipinski definition) is 0. The van der Waals surface area contributed by atoms with Crippen molar-refractivity contribution in [2.75, 3.05) is 0 Å². The van der Waals surface area contributed by atoms with E-state index in [1.165, 1.54) is 33.0 Å². The van der Waals surface area contributed by atoms with Crippen LogP contribution >= 0.6 is 0 Å². The highest BCUT2D eigenvalue weighted by atomic mass is 14.2. The zero-order valence-corrected chi connectivity index (χ0v) is 9.01. The minimum atomic E-state index is 1.11. The maximum absolute atomic E-state index is 4.20. The molecule has 0 heterocycles. The van der Waals surface area contributed by atoms with Crippen molar-refractivity contribution in [2.45, 2.75) is 19.8 Å². The molecule has 0 N–H and O–H groups in total. The molecule has 0 saturated carbocycles. The van der Waals surface area contributed by atoms with E-state index in [0.717, 1.165) is 12.8 Å². The predicted molar refractivity (Wildman–Crippen MR) is 66.0 cm³/mol. The van der Waals surface area contributed by atoms with Gasteiger partial charge in [0.1, 0.15) is 0 Å². The van der Waals surface area contributed by atoms with Gasteiger partial charge in [-0.25, -0.2) is 0 Å². The highest BCUT2D eigenvalue weighted by Crippen LogP contribution is 2.36. The lowest BCUT2D eigenvalue weighted by atomic mass is 9.83. The molecule has 74 valence electrons. The molecule has 0 radical (unpaired) electrons. The van der Waals surface area contributed by atoms with Crippen molar-refractivity contribution >= 4 is 16.3 Å². The van der Waals surface area contributed by atoms with Crippen molar-refractivity contribution in [2.24, 2.45) is 0 Å². The van der Waals surface area contributed by atoms with E-state index in [1.54, 1.807) is 0 Å². The Morgan fingerprint density at radius 2 is 1.93 bits per heavy atom. The van der Waals surface area contributed by atoms with Crippen LogP contribution in [0.15, 0.2) is 36.9 Å². The summed E-state index contributed by atoms with van der Waals surface area (Å²) < 4.78 is 0. The van der Waals surface area contributed by atoms with Gasteiger partial charge in [-0.2, -0.15) is 0 Å². The molecule has 0 nitrogen and oxygen atoms in total. The molecule has 0 spiro atoms. The summed E-state index contributed by atoms with van der Waals surface area (Å²) in [6, 6.07) is 11.0. The lowest BCUT2D eigenvalue weighted by molar-refractivity contribution is 1.01. The number of hydrogen-bond acceptors (Lipinski definition) is 0. The molecule has 3 rings (SSSR count). The minimum absolute atomic E-state index is 1.11. The van der Waals surface area contributed by atoms with Gasteiger partial charge in [-0.3, -0.25) is 0 Å². The zero-order valence-electron chi connectivity index (χ0n) is 9.01. The summed E-state index contributed by atoms with van der Waals surface area (Å²) in [7, 11) is 0. The Kier molecular flexibility index (Phi) is 1.72. The fourth-order valence-corrected chi connectivity index (χ4v) is 2.63. The molecule has 15 heavy (non-hydrogen) atoms. The van der Waals surface area contributed by atoms with Gasteiger partial charge in [0.2, 0.25) is 0 Å². The summed E-state index contributed by atoms with van der Waals surface area (Å²) in [4.78, 5) is 0. The van der Waals surface area contributed by atoms with Crippen LogP contribution in [0.1, 0.15) is 23.1 Å². The Morgan fingerprint density at radius 1 is 1.07 bits per heavy atom. The largest absolute Gasteiger partial charge is 0.0952 e. The highest BCUT2D eigenvalue weighted by Gasteiger charge is 2.16. The molecule has 0 fully saturated rings. The van der Waals surface area contributed by atoms with E-state index in [0.29, 0.717) is 0 Å². The van der Waals surface area contributed by atoms with Crippen LogP contribution in [0.4, 0.5) is 0 Å². The number of aryl methyl sites for hydroxylation is 2. The molecule has 1 aliphatic rings. The molecular weight excluding hydrogens is 180 g/mol. The van der Waals surface area contributed by atoms with Gasteiger partial charge in [0.15, 0.2) is 0 Å². The van der Waals surface area contributed by atoms with Crippen molar-refractivity contribution in [1.29, 1.82) is 0 Å². The third kappa shape index (κ3) is 1.14. The first-order chi connectivity index (χ1) is 7.27. The number of benzene rings is 2. The van der Waals surface area contributed by atoms with Crippen LogP contribution in [0.5, 0.6) is 0 Å². The van der Waals surface area contributed by atoms with Crippen LogP contribution in [0.25, 0.3) is 16.3 Å². The number of rotatable bonds is 0. The van der Waals surface area contributed by atoms with Gasteiger partial charge < -0.3 is 0 Å². The Morgan fingerprint density at radius 3 is 2.80 bits per heavy atom. The first kappa shape index (κ1) is 8.72. The van der Waals surface area contributed by atoms with Crippen molar-refractivity contribution in [1.82, 2.24) is 0 Å². The van der Waals surface area contributed by atoms with Gasteiger partial charge in [-0.05, 0) is 52.8 Å². The van der Waals surface area contributed by atoms with Crippen LogP contribution in [0.3, 0.4) is 0 Å². The fourth-order valence-electron chi connectivity index (χ4n) is 2.63. The maximum atomic E-state index is 4.20. The Hall–Kier alpha value is -1.56. The summed E-state index contributed by atoms with van der Waals surface area (Å²) in [5.41, 5.74) is 5.55. The first-order valence-corrected chi connectivity index (χ1v) is 5.47. The Balaban J connectivity index is 2.55. The van der Waals surface area contributed by atoms with Crippen LogP contribution in [-0.2, 0) is 6.42 Å². The van der Waals surface area contributed by atoms with Gasteiger partial charge >= 0.3 is 0 Å². The maximum Gasteiger partial charge on any atom is -0.00740 e. The van der Waals surface area contributed by atoms with Gasteiger partial charge in [0.05, 0.1) is 0 Å². The fraction of sp³-hybridized carbons (Fsp3) is 0.200. The summed E-state index contributed by atoms with van der Waals surface area (Å²) in [6.45, 7) is 6.38. The molecule has 0 aromatic heterocycles. The third-order valence-corrected chi connectivity index (χ3v) is 3.39. The molecule has 2 aromatic rings.